The third-order valence-electron chi connectivity index (χ3n) is 8.67. The molecule has 9 aromatic rings. The lowest BCUT2D eigenvalue weighted by Crippen LogP contribution is -1.96. The molecule has 0 saturated heterocycles. The second kappa shape index (κ2) is 10.5. The van der Waals surface area contributed by atoms with Crippen LogP contribution in [0.15, 0.2) is 158 Å². The smallest absolute Gasteiger partial charge is 0.160 e. The van der Waals surface area contributed by atoms with Gasteiger partial charge in [-0.3, -0.25) is 0 Å². The van der Waals surface area contributed by atoms with Gasteiger partial charge in [-0.15, -0.1) is 11.3 Å². The van der Waals surface area contributed by atoms with E-state index in [1.165, 1.54) is 52.8 Å². The highest BCUT2D eigenvalue weighted by Gasteiger charge is 2.14. The van der Waals surface area contributed by atoms with E-state index < -0.39 is 0 Å². The maximum Gasteiger partial charge on any atom is 0.160 e. The highest BCUT2D eigenvalue weighted by Crippen LogP contribution is 2.40. The molecule has 3 heteroatoms. The molecule has 0 radical (unpaired) electrons. The molecule has 0 atom stereocenters. The van der Waals surface area contributed by atoms with Crippen molar-refractivity contribution >= 4 is 53.1 Å². The third kappa shape index (κ3) is 4.48. The van der Waals surface area contributed by atoms with Crippen LogP contribution in [-0.2, 0) is 0 Å². The highest BCUT2D eigenvalue weighted by atomic mass is 32.1. The first-order chi connectivity index (χ1) is 22.3. The predicted molar refractivity (Wildman–Crippen MR) is 192 cm³/mol. The molecule has 45 heavy (non-hydrogen) atoms. The SMILES string of the molecule is c1ccc(-c2cc(-c3ccc4cccc(-c5ccc6c(ccc7sc8ccccc8c76)c5)c4c3)nc(-c3ccccc3)n2)cc1. The summed E-state index contributed by atoms with van der Waals surface area (Å²) in [4.78, 5) is 10.1. The van der Waals surface area contributed by atoms with Gasteiger partial charge in [-0.1, -0.05) is 127 Å². The maximum absolute atomic E-state index is 5.09. The Kier molecular flexibility index (Phi) is 6.03. The number of hydrogen-bond acceptors (Lipinski definition) is 3. The maximum atomic E-state index is 5.09. The highest BCUT2D eigenvalue weighted by molar-refractivity contribution is 7.26. The Balaban J connectivity index is 1.21. The van der Waals surface area contributed by atoms with Gasteiger partial charge in [-0.2, -0.15) is 0 Å². The summed E-state index contributed by atoms with van der Waals surface area (Å²) in [5.41, 5.74) is 7.39. The lowest BCUT2D eigenvalue weighted by atomic mass is 9.93. The van der Waals surface area contributed by atoms with Crippen LogP contribution < -0.4 is 0 Å². The average Bonchev–Trinajstić information content (AvgIpc) is 3.51. The molecule has 2 aromatic heterocycles. The van der Waals surface area contributed by atoms with Crippen LogP contribution in [0.25, 0.3) is 86.7 Å². The third-order valence-corrected chi connectivity index (χ3v) is 9.81. The molecule has 0 aliphatic carbocycles. The largest absolute Gasteiger partial charge is 0.228 e. The van der Waals surface area contributed by atoms with E-state index in [1.807, 2.05) is 35.6 Å². The van der Waals surface area contributed by atoms with Crippen molar-refractivity contribution < 1.29 is 0 Å². The monoisotopic (exact) mass is 590 g/mol. The fourth-order valence-corrected chi connectivity index (χ4v) is 7.59. The molecule has 0 bridgehead atoms. The first-order valence-electron chi connectivity index (χ1n) is 15.2. The van der Waals surface area contributed by atoms with Gasteiger partial charge in [0, 0.05) is 36.9 Å². The Morgan fingerprint density at radius 1 is 0.378 bits per heavy atom. The summed E-state index contributed by atoms with van der Waals surface area (Å²) in [5, 5.41) is 7.66. The molecule has 0 amide bonds. The van der Waals surface area contributed by atoms with Crippen molar-refractivity contribution in [1.82, 2.24) is 9.97 Å². The number of benzene rings is 7. The van der Waals surface area contributed by atoms with Gasteiger partial charge in [0.25, 0.3) is 0 Å². The van der Waals surface area contributed by atoms with Crippen molar-refractivity contribution in [2.45, 2.75) is 0 Å². The molecule has 0 saturated carbocycles. The Morgan fingerprint density at radius 3 is 1.93 bits per heavy atom. The van der Waals surface area contributed by atoms with Crippen LogP contribution in [0.4, 0.5) is 0 Å². The lowest BCUT2D eigenvalue weighted by Gasteiger charge is -2.12. The van der Waals surface area contributed by atoms with E-state index in [9.17, 15) is 0 Å². The molecule has 0 fully saturated rings. The predicted octanol–water partition coefficient (Wildman–Crippen LogP) is 11.8. The van der Waals surface area contributed by atoms with Gasteiger partial charge in [0.05, 0.1) is 11.4 Å². The summed E-state index contributed by atoms with van der Waals surface area (Å²) in [5.74, 6) is 0.724. The molecule has 2 heterocycles. The van der Waals surface area contributed by atoms with Crippen LogP contribution in [0.1, 0.15) is 0 Å². The number of rotatable bonds is 4. The normalized spacial score (nSPS) is 11.6. The molecule has 0 N–H and O–H groups in total. The van der Waals surface area contributed by atoms with Crippen LogP contribution >= 0.6 is 11.3 Å². The zero-order chi connectivity index (χ0) is 29.7. The van der Waals surface area contributed by atoms with Gasteiger partial charge in [0.15, 0.2) is 5.82 Å². The minimum atomic E-state index is 0.724. The summed E-state index contributed by atoms with van der Waals surface area (Å²) in [6.07, 6.45) is 0. The van der Waals surface area contributed by atoms with Crippen molar-refractivity contribution in [3.8, 4) is 45.0 Å². The number of nitrogens with zero attached hydrogens (tertiary/aromatic N) is 2. The second-order valence-electron chi connectivity index (χ2n) is 11.4. The fraction of sp³-hybridized carbons (Fsp3) is 0. The molecule has 2 nitrogen and oxygen atoms in total. The molecular weight excluding hydrogens is 565 g/mol. The first kappa shape index (κ1) is 25.8. The summed E-state index contributed by atoms with van der Waals surface area (Å²) >= 11 is 1.87. The number of thiophene rings is 1. The van der Waals surface area contributed by atoms with Crippen LogP contribution in [0.2, 0.25) is 0 Å². The molecule has 0 aliphatic rings. The van der Waals surface area contributed by atoms with E-state index in [-0.39, 0.29) is 0 Å². The van der Waals surface area contributed by atoms with Crippen molar-refractivity contribution in [3.63, 3.8) is 0 Å². The van der Waals surface area contributed by atoms with Crippen molar-refractivity contribution in [3.05, 3.63) is 158 Å². The van der Waals surface area contributed by atoms with Gasteiger partial charge in [0.2, 0.25) is 0 Å². The first-order valence-corrected chi connectivity index (χ1v) is 16.0. The molecule has 7 aromatic carbocycles. The quantitative estimate of drug-likeness (QED) is 0.204. The Morgan fingerprint density at radius 2 is 1.09 bits per heavy atom. The number of aromatic nitrogens is 2. The molecule has 9 rings (SSSR count). The van der Waals surface area contributed by atoms with Gasteiger partial charge in [-0.25, -0.2) is 9.97 Å². The standard InChI is InChI=1S/C42H26N2S/c1-3-10-28(11-4-1)37-26-38(44-42(43-37)29-12-5-2-6-13-29)32-19-18-27-14-9-16-33(36(27)25-32)30-20-22-34-31(24-30)21-23-40-41(34)35-15-7-8-17-39(35)45-40/h1-26H. The Labute approximate surface area is 264 Å². The summed E-state index contributed by atoms with van der Waals surface area (Å²) in [6, 6.07) is 56.1. The molecular formula is C42H26N2S. The minimum Gasteiger partial charge on any atom is -0.228 e. The fourth-order valence-electron chi connectivity index (χ4n) is 6.47. The summed E-state index contributed by atoms with van der Waals surface area (Å²) in [7, 11) is 0. The minimum absolute atomic E-state index is 0.724. The van der Waals surface area contributed by atoms with Crippen LogP contribution in [0.5, 0.6) is 0 Å². The van der Waals surface area contributed by atoms with E-state index in [1.54, 1.807) is 0 Å². The van der Waals surface area contributed by atoms with Gasteiger partial charge in [0.1, 0.15) is 0 Å². The molecule has 0 aliphatic heterocycles. The van der Waals surface area contributed by atoms with Gasteiger partial charge in [-0.05, 0) is 63.0 Å². The van der Waals surface area contributed by atoms with E-state index >= 15 is 0 Å². The zero-order valence-corrected chi connectivity index (χ0v) is 25.1. The van der Waals surface area contributed by atoms with Crippen LogP contribution in [0, 0.1) is 0 Å². The van der Waals surface area contributed by atoms with Gasteiger partial charge < -0.3 is 0 Å². The summed E-state index contributed by atoms with van der Waals surface area (Å²) in [6.45, 7) is 0. The van der Waals surface area contributed by atoms with Crippen molar-refractivity contribution in [2.75, 3.05) is 0 Å². The van der Waals surface area contributed by atoms with Crippen molar-refractivity contribution in [2.24, 2.45) is 0 Å². The average molecular weight is 591 g/mol. The molecule has 210 valence electrons. The molecule has 0 spiro atoms. The second-order valence-corrected chi connectivity index (χ2v) is 12.5. The van der Waals surface area contributed by atoms with E-state index in [0.29, 0.717) is 0 Å². The number of fused-ring (bicyclic) bond motifs is 6. The Bertz CT molecular complexity index is 2470. The Hall–Kier alpha value is -5.64. The van der Waals surface area contributed by atoms with Gasteiger partial charge >= 0.3 is 0 Å². The van der Waals surface area contributed by atoms with Crippen LogP contribution in [-0.4, -0.2) is 9.97 Å². The topological polar surface area (TPSA) is 25.8 Å². The van der Waals surface area contributed by atoms with E-state index in [4.69, 9.17) is 9.97 Å². The zero-order valence-electron chi connectivity index (χ0n) is 24.3. The van der Waals surface area contributed by atoms with E-state index in [2.05, 4.69) is 133 Å². The van der Waals surface area contributed by atoms with Crippen molar-refractivity contribution in [1.29, 1.82) is 0 Å². The molecule has 0 unspecified atom stereocenters. The number of hydrogen-bond donors (Lipinski definition) is 0. The van der Waals surface area contributed by atoms with Crippen LogP contribution in [0.3, 0.4) is 0 Å². The lowest BCUT2D eigenvalue weighted by molar-refractivity contribution is 1.18. The van der Waals surface area contributed by atoms with E-state index in [0.717, 1.165) is 33.9 Å². The summed E-state index contributed by atoms with van der Waals surface area (Å²) < 4.78 is 2.67.